The number of benzene rings is 1. The van der Waals surface area contributed by atoms with Gasteiger partial charge in [-0.15, -0.1) is 0 Å². The molecule has 3 saturated heterocycles. The molecule has 14 nitrogen and oxygen atoms in total. The van der Waals surface area contributed by atoms with Crippen molar-refractivity contribution in [3.05, 3.63) is 80.6 Å². The van der Waals surface area contributed by atoms with Gasteiger partial charge in [-0.2, -0.15) is 0 Å². The standard InChI is InChI=1S/C41H55F2N11O3/c1-26(55)53-14-10-34(33(24-53)40(45)54-11-4-6-27-19-31(29(21-44)22-46-2)32(39(42)43)20-36(27)54)47-30-8-12-52(13-9-30)37(56)25-51-17-15-50(16-18-51)23-28-5-3-7-35-38(28)49-41(57)48-35/h3,5,7,19-22,27,30,36,39,44-47H,4,6,8-18,23-25H2,1-2H3,(H2,48,49,57)/b29-22+,44-21?,45-40?. The number of amides is 2. The largest absolute Gasteiger partial charge is 0.393 e. The lowest BCUT2D eigenvalue weighted by atomic mass is 9.78. The molecule has 2 atom stereocenters. The molecule has 6 N–H and O–H groups in total. The van der Waals surface area contributed by atoms with Crippen LogP contribution in [0, 0.1) is 16.7 Å². The van der Waals surface area contributed by atoms with Crippen molar-refractivity contribution in [2.45, 2.75) is 64.1 Å². The molecule has 2 aromatic rings. The maximum absolute atomic E-state index is 14.5. The van der Waals surface area contributed by atoms with E-state index in [0.717, 1.165) is 86.9 Å². The van der Waals surface area contributed by atoms with Crippen molar-refractivity contribution in [2.75, 3.05) is 72.5 Å². The Morgan fingerprint density at radius 2 is 1.74 bits per heavy atom. The number of H-pyrrole nitrogens is 2. The zero-order valence-corrected chi connectivity index (χ0v) is 32.9. The normalized spacial score (nSPS) is 23.0. The fourth-order valence-electron chi connectivity index (χ4n) is 9.08. The molecule has 3 fully saturated rings. The zero-order valence-electron chi connectivity index (χ0n) is 32.9. The Kier molecular flexibility index (Phi) is 12.4. The maximum Gasteiger partial charge on any atom is 0.323 e. The summed E-state index contributed by atoms with van der Waals surface area (Å²) >= 11 is 0. The Morgan fingerprint density at radius 1 is 0.982 bits per heavy atom. The molecule has 2 unspecified atom stereocenters. The molecule has 0 spiro atoms. The highest BCUT2D eigenvalue weighted by Crippen LogP contribution is 2.38. The van der Waals surface area contributed by atoms with Crippen LogP contribution in [0.2, 0.25) is 0 Å². The minimum Gasteiger partial charge on any atom is -0.393 e. The average Bonchev–Trinajstić information content (AvgIpc) is 3.61. The van der Waals surface area contributed by atoms with Crippen LogP contribution in [0.25, 0.3) is 11.0 Å². The molecule has 0 bridgehead atoms. The van der Waals surface area contributed by atoms with Crippen LogP contribution in [0.1, 0.15) is 44.6 Å². The molecule has 16 heteroatoms. The summed E-state index contributed by atoms with van der Waals surface area (Å²) in [4.78, 5) is 53.7. The van der Waals surface area contributed by atoms with Crippen molar-refractivity contribution < 1.29 is 18.4 Å². The predicted molar refractivity (Wildman–Crippen MR) is 216 cm³/mol. The number of imidazole rings is 1. The number of carbonyl (C=O) groups excluding carboxylic acids is 2. The number of nitrogens with zero attached hydrogens (tertiary/aromatic N) is 5. The second kappa shape index (κ2) is 17.6. The van der Waals surface area contributed by atoms with Gasteiger partial charge in [0.05, 0.1) is 30.2 Å². The third-order valence-electron chi connectivity index (χ3n) is 12.2. The number of nitrogens with one attached hydrogen (secondary N) is 6. The number of piperidine rings is 2. The number of alkyl halides is 2. The number of likely N-dealkylation sites (tertiary alicyclic amines) is 2. The second-order valence-electron chi connectivity index (χ2n) is 15.8. The number of piperazine rings is 1. The van der Waals surface area contributed by atoms with E-state index in [9.17, 15) is 28.6 Å². The van der Waals surface area contributed by atoms with Gasteiger partial charge in [0, 0.05) is 126 Å². The van der Waals surface area contributed by atoms with E-state index in [1.165, 1.54) is 6.92 Å². The summed E-state index contributed by atoms with van der Waals surface area (Å²) in [5.74, 6) is 0.201. The molecular weight excluding hydrogens is 733 g/mol. The summed E-state index contributed by atoms with van der Waals surface area (Å²) in [7, 11) is 1.67. The lowest BCUT2D eigenvalue weighted by molar-refractivity contribution is -0.134. The number of hydrogen-bond donors (Lipinski definition) is 6. The first-order valence-corrected chi connectivity index (χ1v) is 20.1. The molecule has 7 rings (SSSR count). The molecule has 57 heavy (non-hydrogen) atoms. The number of fused-ring (bicyclic) bond motifs is 2. The molecule has 5 aliphatic rings. The molecule has 2 amide bonds. The van der Waals surface area contributed by atoms with Gasteiger partial charge >= 0.3 is 5.69 Å². The predicted octanol–water partition coefficient (Wildman–Crippen LogP) is 3.00. The summed E-state index contributed by atoms with van der Waals surface area (Å²) in [6.45, 7) is 8.47. The van der Waals surface area contributed by atoms with E-state index in [1.54, 1.807) is 24.2 Å². The lowest BCUT2D eigenvalue weighted by Gasteiger charge is -2.45. The van der Waals surface area contributed by atoms with Crippen molar-refractivity contribution in [2.24, 2.45) is 5.92 Å². The first kappa shape index (κ1) is 40.1. The van der Waals surface area contributed by atoms with E-state index < -0.39 is 12.5 Å². The fraction of sp³-hybridized carbons (Fsp3) is 0.537. The monoisotopic (exact) mass is 787 g/mol. The Hall–Kier alpha value is -5.09. The molecule has 4 aliphatic heterocycles. The highest BCUT2D eigenvalue weighted by molar-refractivity contribution is 5.98. The minimum atomic E-state index is -2.74. The van der Waals surface area contributed by atoms with Gasteiger partial charge in [0.15, 0.2) is 0 Å². The van der Waals surface area contributed by atoms with Crippen molar-refractivity contribution in [3.8, 4) is 0 Å². The Morgan fingerprint density at radius 3 is 2.44 bits per heavy atom. The molecule has 1 aliphatic carbocycles. The number of hydrogen-bond acceptors (Lipinski definition) is 9. The van der Waals surface area contributed by atoms with E-state index in [-0.39, 0.29) is 47.4 Å². The first-order valence-electron chi connectivity index (χ1n) is 20.1. The molecular formula is C41H55F2N11O3. The molecule has 1 aromatic heterocycles. The van der Waals surface area contributed by atoms with Crippen LogP contribution in [-0.2, 0) is 16.1 Å². The Labute approximate surface area is 331 Å². The Balaban J connectivity index is 0.963. The third-order valence-corrected chi connectivity index (χ3v) is 12.2. The minimum absolute atomic E-state index is 0.0726. The summed E-state index contributed by atoms with van der Waals surface area (Å²) in [5, 5.41) is 24.0. The summed E-state index contributed by atoms with van der Waals surface area (Å²) in [6, 6.07) is 5.54. The third kappa shape index (κ3) is 8.91. The van der Waals surface area contributed by atoms with Gasteiger partial charge in [0.2, 0.25) is 11.8 Å². The van der Waals surface area contributed by atoms with Crippen LogP contribution in [0.4, 0.5) is 8.78 Å². The van der Waals surface area contributed by atoms with Gasteiger partial charge in [-0.3, -0.25) is 24.8 Å². The fourth-order valence-corrected chi connectivity index (χ4v) is 9.08. The van der Waals surface area contributed by atoms with Gasteiger partial charge in [-0.05, 0) is 42.9 Å². The van der Waals surface area contributed by atoms with Crippen molar-refractivity contribution in [1.29, 1.82) is 10.8 Å². The average molecular weight is 788 g/mol. The van der Waals surface area contributed by atoms with Crippen LogP contribution >= 0.6 is 0 Å². The zero-order chi connectivity index (χ0) is 40.2. The molecule has 1 aromatic carbocycles. The highest BCUT2D eigenvalue weighted by Gasteiger charge is 2.39. The number of para-hydroxylation sites is 1. The molecule has 5 heterocycles. The SMILES string of the molecule is CN/C=C(\C=N)C1=CC2CCCN(C(=N)C3=C(NC4CCN(C(=O)CN5CCN(Cc6cccc7[nH]c(=O)[nH]c67)CC5)CC4)CCN(C(C)=O)C3)C2C=C1C(F)F. The van der Waals surface area contributed by atoms with Gasteiger partial charge in [0.1, 0.15) is 5.84 Å². The number of rotatable bonds is 11. The van der Waals surface area contributed by atoms with E-state index in [0.29, 0.717) is 55.9 Å². The highest BCUT2D eigenvalue weighted by atomic mass is 19.3. The molecule has 0 saturated carbocycles. The molecule has 306 valence electrons. The number of aromatic amines is 2. The van der Waals surface area contributed by atoms with Crippen LogP contribution < -0.4 is 16.3 Å². The van der Waals surface area contributed by atoms with Crippen molar-refractivity contribution in [3.63, 3.8) is 0 Å². The summed E-state index contributed by atoms with van der Waals surface area (Å²) < 4.78 is 29.0. The first-order chi connectivity index (χ1) is 27.5. The van der Waals surface area contributed by atoms with Gasteiger partial charge < -0.3 is 40.7 Å². The smallest absolute Gasteiger partial charge is 0.323 e. The van der Waals surface area contributed by atoms with Crippen LogP contribution in [0.15, 0.2) is 69.3 Å². The van der Waals surface area contributed by atoms with E-state index >= 15 is 0 Å². The van der Waals surface area contributed by atoms with Crippen molar-refractivity contribution in [1.82, 2.24) is 45.1 Å². The summed E-state index contributed by atoms with van der Waals surface area (Å²) in [5.41, 5.74) is 4.75. The summed E-state index contributed by atoms with van der Waals surface area (Å²) in [6.07, 6.45) is 6.97. The van der Waals surface area contributed by atoms with Gasteiger partial charge in [-0.1, -0.05) is 24.3 Å². The Bertz CT molecular complexity index is 2030. The number of amidine groups is 1. The molecule has 0 radical (unpaired) electrons. The quantitative estimate of drug-likeness (QED) is 0.149. The maximum atomic E-state index is 14.5. The number of allylic oxidation sites excluding steroid dienone is 3. The van der Waals surface area contributed by atoms with E-state index in [1.807, 2.05) is 34.1 Å². The topological polar surface area (TPSA) is 171 Å². The van der Waals surface area contributed by atoms with Crippen LogP contribution in [0.3, 0.4) is 0 Å². The van der Waals surface area contributed by atoms with Gasteiger partial charge in [0.25, 0.3) is 6.43 Å². The van der Waals surface area contributed by atoms with Gasteiger partial charge in [-0.25, -0.2) is 13.6 Å². The number of carbonyl (C=O) groups is 2. The second-order valence-corrected chi connectivity index (χ2v) is 15.8. The van der Waals surface area contributed by atoms with Crippen molar-refractivity contribution >= 4 is 34.9 Å². The number of aromatic nitrogens is 2. The van der Waals surface area contributed by atoms with E-state index in [2.05, 4.69) is 30.4 Å². The van der Waals surface area contributed by atoms with Crippen LogP contribution in [0.5, 0.6) is 0 Å². The van der Waals surface area contributed by atoms with Crippen LogP contribution in [-0.4, -0.2) is 149 Å². The number of halogens is 2. The lowest BCUT2D eigenvalue weighted by Crippen LogP contribution is -2.53. The van der Waals surface area contributed by atoms with E-state index in [4.69, 9.17) is 5.41 Å².